The summed E-state index contributed by atoms with van der Waals surface area (Å²) in [6.07, 6.45) is 0. The van der Waals surface area contributed by atoms with Crippen LogP contribution in [0.4, 0.5) is 0 Å². The maximum atomic E-state index is 9.02. The highest BCUT2D eigenvalue weighted by Crippen LogP contribution is 2.35. The molecule has 0 spiro atoms. The Morgan fingerprint density at radius 3 is 2.61 bits per heavy atom. The van der Waals surface area contributed by atoms with Crippen molar-refractivity contribution in [3.63, 3.8) is 0 Å². The highest BCUT2D eigenvalue weighted by Gasteiger charge is 2.15. The molecule has 3 rings (SSSR count). The smallest absolute Gasteiger partial charge is 0.231 e. The van der Waals surface area contributed by atoms with E-state index < -0.39 is 0 Å². The first-order chi connectivity index (χ1) is 8.81. The third-order valence-corrected chi connectivity index (χ3v) is 2.76. The number of methoxy groups -OCH3 is 1. The van der Waals surface area contributed by atoms with E-state index in [2.05, 4.69) is 11.1 Å². The van der Waals surface area contributed by atoms with E-state index in [1.807, 2.05) is 6.07 Å². The quantitative estimate of drug-likeness (QED) is 0.764. The summed E-state index contributed by atoms with van der Waals surface area (Å²) in [7, 11) is 1.49. The summed E-state index contributed by atoms with van der Waals surface area (Å²) in [4.78, 5) is 4.29. The van der Waals surface area contributed by atoms with Crippen molar-refractivity contribution in [3.05, 3.63) is 23.8 Å². The van der Waals surface area contributed by atoms with Crippen LogP contribution in [0.5, 0.6) is 17.4 Å². The van der Waals surface area contributed by atoms with Gasteiger partial charge in [0.2, 0.25) is 5.88 Å². The van der Waals surface area contributed by atoms with Crippen LogP contribution >= 0.6 is 0 Å². The molecule has 1 aliphatic heterocycles. The van der Waals surface area contributed by atoms with E-state index >= 15 is 0 Å². The molecule has 0 fully saturated rings. The van der Waals surface area contributed by atoms with Crippen LogP contribution in [0.25, 0.3) is 10.9 Å². The van der Waals surface area contributed by atoms with Gasteiger partial charge in [0.15, 0.2) is 11.5 Å². The predicted octanol–water partition coefficient (Wildman–Crippen LogP) is 1.89. The first-order valence-corrected chi connectivity index (χ1v) is 5.50. The molecule has 18 heavy (non-hydrogen) atoms. The summed E-state index contributed by atoms with van der Waals surface area (Å²) < 4.78 is 16.1. The van der Waals surface area contributed by atoms with Crippen molar-refractivity contribution in [1.29, 1.82) is 5.26 Å². The normalized spacial score (nSPS) is 13.1. The maximum absolute atomic E-state index is 9.02. The molecule has 90 valence electrons. The number of nitrogens with zero attached hydrogens (tertiary/aromatic N) is 2. The van der Waals surface area contributed by atoms with Gasteiger partial charge < -0.3 is 14.2 Å². The molecule has 2 aromatic rings. The Labute approximate surface area is 104 Å². The number of hydrogen-bond donors (Lipinski definition) is 0. The van der Waals surface area contributed by atoms with Gasteiger partial charge in [-0.15, -0.1) is 0 Å². The van der Waals surface area contributed by atoms with Crippen molar-refractivity contribution in [2.45, 2.75) is 0 Å². The second-order valence-electron chi connectivity index (χ2n) is 3.85. The number of benzene rings is 1. The number of fused-ring (bicyclic) bond motifs is 2. The molecule has 0 saturated carbocycles. The summed E-state index contributed by atoms with van der Waals surface area (Å²) in [5.41, 5.74) is 1.12. The third-order valence-electron chi connectivity index (χ3n) is 2.76. The number of hydrogen-bond acceptors (Lipinski definition) is 5. The molecule has 2 heterocycles. The van der Waals surface area contributed by atoms with Gasteiger partial charge in [-0.25, -0.2) is 4.98 Å². The zero-order valence-corrected chi connectivity index (χ0v) is 9.77. The molecular weight excluding hydrogens is 232 g/mol. The largest absolute Gasteiger partial charge is 0.486 e. The molecule has 1 aromatic carbocycles. The monoisotopic (exact) mass is 242 g/mol. The molecular formula is C13H10N2O3. The summed E-state index contributed by atoms with van der Waals surface area (Å²) in [5.74, 6) is 1.68. The van der Waals surface area contributed by atoms with Crippen molar-refractivity contribution in [3.8, 4) is 23.4 Å². The zero-order chi connectivity index (χ0) is 12.5. The number of ether oxygens (including phenoxy) is 3. The average Bonchev–Trinajstić information content (AvgIpc) is 2.43. The van der Waals surface area contributed by atoms with Gasteiger partial charge in [0.25, 0.3) is 0 Å². The molecule has 0 saturated heterocycles. The van der Waals surface area contributed by atoms with Crippen LogP contribution in [0.1, 0.15) is 5.56 Å². The fourth-order valence-electron chi connectivity index (χ4n) is 1.93. The minimum absolute atomic E-state index is 0.321. The second-order valence-corrected chi connectivity index (χ2v) is 3.85. The molecule has 0 N–H and O–H groups in total. The van der Waals surface area contributed by atoms with Crippen LogP contribution in [0, 0.1) is 11.3 Å². The van der Waals surface area contributed by atoms with E-state index in [0.717, 1.165) is 10.9 Å². The van der Waals surface area contributed by atoms with E-state index in [1.165, 1.54) is 7.11 Å². The van der Waals surface area contributed by atoms with Crippen LogP contribution in [-0.4, -0.2) is 25.3 Å². The van der Waals surface area contributed by atoms with Crippen molar-refractivity contribution in [2.24, 2.45) is 0 Å². The second kappa shape index (κ2) is 4.08. The highest BCUT2D eigenvalue weighted by molar-refractivity contribution is 5.84. The lowest BCUT2D eigenvalue weighted by molar-refractivity contribution is 0.172. The van der Waals surface area contributed by atoms with Gasteiger partial charge in [0.1, 0.15) is 24.8 Å². The van der Waals surface area contributed by atoms with Crippen molar-refractivity contribution in [2.75, 3.05) is 20.3 Å². The van der Waals surface area contributed by atoms with E-state index in [4.69, 9.17) is 19.5 Å². The topological polar surface area (TPSA) is 64.4 Å². The molecule has 5 nitrogen and oxygen atoms in total. The van der Waals surface area contributed by atoms with E-state index in [0.29, 0.717) is 36.2 Å². The Hall–Kier alpha value is -2.48. The minimum atomic E-state index is 0.321. The van der Waals surface area contributed by atoms with Crippen molar-refractivity contribution in [1.82, 2.24) is 4.98 Å². The van der Waals surface area contributed by atoms with Crippen LogP contribution in [0.2, 0.25) is 0 Å². The molecule has 0 amide bonds. The Balaban J connectivity index is 2.25. The van der Waals surface area contributed by atoms with Gasteiger partial charge in [0, 0.05) is 11.5 Å². The number of aromatic nitrogens is 1. The van der Waals surface area contributed by atoms with Crippen molar-refractivity contribution >= 4 is 10.9 Å². The van der Waals surface area contributed by atoms with Gasteiger partial charge in [-0.3, -0.25) is 0 Å². The van der Waals surface area contributed by atoms with Crippen LogP contribution in [-0.2, 0) is 0 Å². The van der Waals surface area contributed by atoms with E-state index in [1.54, 1.807) is 12.1 Å². The molecule has 0 aliphatic carbocycles. The number of rotatable bonds is 1. The summed E-state index contributed by atoms with van der Waals surface area (Å²) in [6.45, 7) is 1.07. The Bertz CT molecular complexity index is 661. The van der Waals surface area contributed by atoms with Gasteiger partial charge in [-0.1, -0.05) is 0 Å². The number of nitriles is 1. The Kier molecular flexibility index (Phi) is 2.41. The molecule has 1 aliphatic rings. The molecule has 0 bridgehead atoms. The summed E-state index contributed by atoms with van der Waals surface area (Å²) in [6, 6.07) is 7.42. The lowest BCUT2D eigenvalue weighted by Gasteiger charge is -2.18. The lowest BCUT2D eigenvalue weighted by atomic mass is 10.1. The van der Waals surface area contributed by atoms with Gasteiger partial charge in [-0.05, 0) is 12.1 Å². The molecule has 0 radical (unpaired) electrons. The summed E-state index contributed by atoms with van der Waals surface area (Å²) in [5, 5.41) is 9.85. The minimum Gasteiger partial charge on any atom is -0.486 e. The Morgan fingerprint density at radius 1 is 1.22 bits per heavy atom. The van der Waals surface area contributed by atoms with Gasteiger partial charge in [0.05, 0.1) is 12.6 Å². The SMILES string of the molecule is COc1nc2cc3c(cc2cc1C#N)OCCO3. The fourth-order valence-corrected chi connectivity index (χ4v) is 1.93. The number of pyridine rings is 1. The first-order valence-electron chi connectivity index (χ1n) is 5.50. The van der Waals surface area contributed by atoms with Crippen LogP contribution < -0.4 is 14.2 Å². The van der Waals surface area contributed by atoms with Gasteiger partial charge in [-0.2, -0.15) is 5.26 Å². The molecule has 0 unspecified atom stereocenters. The van der Waals surface area contributed by atoms with Crippen LogP contribution in [0.15, 0.2) is 18.2 Å². The highest BCUT2D eigenvalue weighted by atomic mass is 16.6. The van der Waals surface area contributed by atoms with Crippen LogP contribution in [0.3, 0.4) is 0 Å². The molecule has 5 heteroatoms. The average molecular weight is 242 g/mol. The zero-order valence-electron chi connectivity index (χ0n) is 9.77. The van der Waals surface area contributed by atoms with Gasteiger partial charge >= 0.3 is 0 Å². The van der Waals surface area contributed by atoms with E-state index in [9.17, 15) is 0 Å². The third kappa shape index (κ3) is 1.59. The molecule has 0 atom stereocenters. The fraction of sp³-hybridized carbons (Fsp3) is 0.231. The van der Waals surface area contributed by atoms with Crippen molar-refractivity contribution < 1.29 is 14.2 Å². The standard InChI is InChI=1S/C13H10N2O3/c1-16-13-9(7-14)4-8-5-11-12(6-10(8)15-13)18-3-2-17-11/h4-6H,2-3H2,1H3. The van der Waals surface area contributed by atoms with E-state index in [-0.39, 0.29) is 0 Å². The summed E-state index contributed by atoms with van der Waals surface area (Å²) >= 11 is 0. The lowest BCUT2D eigenvalue weighted by Crippen LogP contribution is -2.15. The Morgan fingerprint density at radius 2 is 1.94 bits per heavy atom. The first kappa shape index (κ1) is 10.7. The molecule has 1 aromatic heterocycles. The maximum Gasteiger partial charge on any atom is 0.231 e. The predicted molar refractivity (Wildman–Crippen MR) is 64.0 cm³/mol.